The lowest BCUT2D eigenvalue weighted by atomic mass is 9.97. The van der Waals surface area contributed by atoms with Gasteiger partial charge < -0.3 is 15.3 Å². The van der Waals surface area contributed by atoms with Gasteiger partial charge in [-0.25, -0.2) is 4.79 Å². The number of hydrogen-bond acceptors (Lipinski definition) is 3. The molecule has 0 radical (unpaired) electrons. The van der Waals surface area contributed by atoms with Crippen molar-refractivity contribution in [2.75, 3.05) is 0 Å². The predicted molar refractivity (Wildman–Crippen MR) is 106 cm³/mol. The Morgan fingerprint density at radius 1 is 0.962 bits per heavy atom. The van der Waals surface area contributed by atoms with Crippen molar-refractivity contribution >= 4 is 5.97 Å². The first-order valence-corrected chi connectivity index (χ1v) is 8.81. The maximum Gasteiger partial charge on any atom is 0.335 e. The van der Waals surface area contributed by atoms with E-state index >= 15 is 0 Å². The standard InChI is InChI=1S/C22H30O4/c1-14(2)6-9-17-12-19(22(25)26)13-18(21(17)24)10-8-16(5)20(23)11-7-15(3)4/h6-8,12-13,20,23-24H,9-11H2,1-5H3,(H,25,26). The Kier molecular flexibility index (Phi) is 8.33. The van der Waals surface area contributed by atoms with Gasteiger partial charge in [0.15, 0.2) is 0 Å². The number of carboxylic acids is 1. The molecule has 0 fully saturated rings. The third-order valence-electron chi connectivity index (χ3n) is 4.16. The summed E-state index contributed by atoms with van der Waals surface area (Å²) < 4.78 is 0. The molecular formula is C22H30O4. The third-order valence-corrected chi connectivity index (χ3v) is 4.16. The van der Waals surface area contributed by atoms with Crippen molar-refractivity contribution in [2.45, 2.75) is 60.0 Å². The van der Waals surface area contributed by atoms with Gasteiger partial charge in [-0.3, -0.25) is 0 Å². The van der Waals surface area contributed by atoms with E-state index in [9.17, 15) is 20.1 Å². The van der Waals surface area contributed by atoms with Gasteiger partial charge in [0, 0.05) is 0 Å². The molecule has 0 spiro atoms. The molecule has 0 heterocycles. The monoisotopic (exact) mass is 358 g/mol. The summed E-state index contributed by atoms with van der Waals surface area (Å²) in [6.45, 7) is 9.72. The predicted octanol–water partition coefficient (Wildman–Crippen LogP) is 4.81. The van der Waals surface area contributed by atoms with Crippen LogP contribution in [-0.2, 0) is 12.8 Å². The van der Waals surface area contributed by atoms with Gasteiger partial charge >= 0.3 is 5.97 Å². The molecule has 0 aliphatic carbocycles. The Balaban J connectivity index is 3.10. The number of phenols is 1. The van der Waals surface area contributed by atoms with Crippen LogP contribution in [0.1, 0.15) is 62.5 Å². The fourth-order valence-corrected chi connectivity index (χ4v) is 2.45. The quantitative estimate of drug-likeness (QED) is 0.583. The van der Waals surface area contributed by atoms with Crippen molar-refractivity contribution in [3.63, 3.8) is 0 Å². The van der Waals surface area contributed by atoms with E-state index in [2.05, 4.69) is 0 Å². The van der Waals surface area contributed by atoms with Gasteiger partial charge in [-0.1, -0.05) is 29.4 Å². The zero-order valence-corrected chi connectivity index (χ0v) is 16.3. The molecule has 1 rings (SSSR count). The van der Waals surface area contributed by atoms with E-state index in [-0.39, 0.29) is 11.3 Å². The minimum atomic E-state index is -1.02. The van der Waals surface area contributed by atoms with Gasteiger partial charge in [-0.2, -0.15) is 0 Å². The van der Waals surface area contributed by atoms with E-state index in [4.69, 9.17) is 0 Å². The maximum atomic E-state index is 11.4. The largest absolute Gasteiger partial charge is 0.507 e. The minimum absolute atomic E-state index is 0.121. The van der Waals surface area contributed by atoms with E-state index in [0.29, 0.717) is 30.4 Å². The summed E-state index contributed by atoms with van der Waals surface area (Å²) in [5.74, 6) is -0.899. The van der Waals surface area contributed by atoms with E-state index in [1.165, 1.54) is 12.1 Å². The number of phenolic OH excluding ortho intramolecular Hbond substituents is 1. The van der Waals surface area contributed by atoms with Crippen molar-refractivity contribution in [3.8, 4) is 5.75 Å². The van der Waals surface area contributed by atoms with Crippen LogP contribution in [-0.4, -0.2) is 27.4 Å². The molecule has 0 saturated heterocycles. The number of aliphatic hydroxyl groups is 1. The Bertz CT molecular complexity index is 731. The van der Waals surface area contributed by atoms with Gasteiger partial charge in [0.05, 0.1) is 11.7 Å². The second kappa shape index (κ2) is 9.97. The van der Waals surface area contributed by atoms with Gasteiger partial charge in [-0.05, 0) is 82.7 Å². The molecule has 0 saturated carbocycles. The molecule has 1 unspecified atom stereocenters. The SMILES string of the molecule is CC(C)=CCc1cc(C(=O)O)cc(CC=C(C)C(O)CC=C(C)C)c1O. The lowest BCUT2D eigenvalue weighted by molar-refractivity contribution is 0.0696. The summed E-state index contributed by atoms with van der Waals surface area (Å²) in [7, 11) is 0. The molecule has 1 atom stereocenters. The van der Waals surface area contributed by atoms with Crippen LogP contribution in [0.5, 0.6) is 5.75 Å². The molecule has 0 amide bonds. The van der Waals surface area contributed by atoms with Crippen molar-refractivity contribution in [2.24, 2.45) is 0 Å². The summed E-state index contributed by atoms with van der Waals surface area (Å²) >= 11 is 0. The average molecular weight is 358 g/mol. The lowest BCUT2D eigenvalue weighted by Gasteiger charge is -2.12. The lowest BCUT2D eigenvalue weighted by Crippen LogP contribution is -2.07. The topological polar surface area (TPSA) is 77.8 Å². The van der Waals surface area contributed by atoms with Gasteiger partial charge in [0.25, 0.3) is 0 Å². The smallest absolute Gasteiger partial charge is 0.335 e. The Labute approximate surface area is 156 Å². The van der Waals surface area contributed by atoms with Crippen LogP contribution < -0.4 is 0 Å². The summed E-state index contributed by atoms with van der Waals surface area (Å²) in [6.07, 6.45) is 6.57. The zero-order valence-electron chi connectivity index (χ0n) is 16.3. The molecule has 4 nitrogen and oxygen atoms in total. The minimum Gasteiger partial charge on any atom is -0.507 e. The summed E-state index contributed by atoms with van der Waals surface area (Å²) in [5.41, 5.74) is 4.35. The Hall–Kier alpha value is -2.33. The number of aromatic hydroxyl groups is 1. The molecule has 142 valence electrons. The summed E-state index contributed by atoms with van der Waals surface area (Å²) in [5, 5.41) is 30.0. The zero-order chi connectivity index (χ0) is 19.9. The van der Waals surface area contributed by atoms with Crippen molar-refractivity contribution < 1.29 is 20.1 Å². The van der Waals surface area contributed by atoms with Crippen LogP contribution in [0.2, 0.25) is 0 Å². The Morgan fingerprint density at radius 2 is 1.46 bits per heavy atom. The highest BCUT2D eigenvalue weighted by Gasteiger charge is 2.13. The molecule has 0 aliphatic heterocycles. The maximum absolute atomic E-state index is 11.4. The number of hydrogen-bond donors (Lipinski definition) is 3. The third kappa shape index (κ3) is 6.89. The molecule has 26 heavy (non-hydrogen) atoms. The van der Waals surface area contributed by atoms with Crippen LogP contribution in [0, 0.1) is 0 Å². The fourth-order valence-electron chi connectivity index (χ4n) is 2.45. The summed E-state index contributed by atoms with van der Waals surface area (Å²) in [4.78, 5) is 11.4. The van der Waals surface area contributed by atoms with Crippen LogP contribution >= 0.6 is 0 Å². The fraction of sp³-hybridized carbons (Fsp3) is 0.409. The normalized spacial score (nSPS) is 12.5. The molecule has 0 aromatic heterocycles. The number of benzene rings is 1. The highest BCUT2D eigenvalue weighted by atomic mass is 16.4. The number of carboxylic acid groups (broad SMARTS) is 1. The number of aliphatic hydroxyl groups excluding tert-OH is 1. The molecule has 1 aromatic carbocycles. The summed E-state index contributed by atoms with van der Waals surface area (Å²) in [6, 6.07) is 3.01. The van der Waals surface area contributed by atoms with E-state index < -0.39 is 12.1 Å². The number of carbonyl (C=O) groups is 1. The van der Waals surface area contributed by atoms with Crippen LogP contribution in [0.25, 0.3) is 0 Å². The number of allylic oxidation sites excluding steroid dienone is 4. The van der Waals surface area contributed by atoms with Gasteiger partial charge in [0.1, 0.15) is 5.75 Å². The first-order valence-electron chi connectivity index (χ1n) is 8.81. The Morgan fingerprint density at radius 3 is 1.92 bits per heavy atom. The number of rotatable bonds is 8. The van der Waals surface area contributed by atoms with E-state index in [1.807, 2.05) is 52.8 Å². The van der Waals surface area contributed by atoms with E-state index in [1.54, 1.807) is 0 Å². The highest BCUT2D eigenvalue weighted by Crippen LogP contribution is 2.27. The first kappa shape index (κ1) is 21.7. The van der Waals surface area contributed by atoms with Crippen LogP contribution in [0.3, 0.4) is 0 Å². The second-order valence-electron chi connectivity index (χ2n) is 7.12. The molecule has 1 aromatic rings. The van der Waals surface area contributed by atoms with Crippen LogP contribution in [0.4, 0.5) is 0 Å². The first-order chi connectivity index (χ1) is 12.1. The molecular weight excluding hydrogens is 328 g/mol. The van der Waals surface area contributed by atoms with Crippen molar-refractivity contribution in [1.82, 2.24) is 0 Å². The van der Waals surface area contributed by atoms with Gasteiger partial charge in [0.2, 0.25) is 0 Å². The van der Waals surface area contributed by atoms with Crippen molar-refractivity contribution in [1.29, 1.82) is 0 Å². The number of aromatic carboxylic acids is 1. The average Bonchev–Trinajstić information content (AvgIpc) is 2.56. The second-order valence-corrected chi connectivity index (χ2v) is 7.12. The van der Waals surface area contributed by atoms with E-state index in [0.717, 1.165) is 16.7 Å². The molecule has 4 heteroatoms. The van der Waals surface area contributed by atoms with Crippen molar-refractivity contribution in [3.05, 3.63) is 63.8 Å². The van der Waals surface area contributed by atoms with Gasteiger partial charge in [-0.15, -0.1) is 0 Å². The van der Waals surface area contributed by atoms with Crippen LogP contribution in [0.15, 0.2) is 47.1 Å². The highest BCUT2D eigenvalue weighted by molar-refractivity contribution is 5.88. The molecule has 3 N–H and O–H groups in total. The molecule has 0 aliphatic rings. The molecule has 0 bridgehead atoms.